The Kier molecular flexibility index (Phi) is 5.64. The number of carboxylic acids is 1. The summed E-state index contributed by atoms with van der Waals surface area (Å²) in [6, 6.07) is 1.83. The van der Waals surface area contributed by atoms with Crippen LogP contribution in [0.4, 0.5) is 0 Å². The molecule has 0 bridgehead atoms. The van der Waals surface area contributed by atoms with E-state index in [1.165, 1.54) is 33.5 Å². The number of hydrogen-bond donors (Lipinski definition) is 2. The van der Waals surface area contributed by atoms with Crippen molar-refractivity contribution in [1.29, 1.82) is 0 Å². The minimum Gasteiger partial charge on any atom is -0.493 e. The number of carbonyl (C=O) groups is 3. The molecule has 0 radical (unpaired) electrons. The largest absolute Gasteiger partial charge is 0.493 e. The smallest absolute Gasteiger partial charge is 0.358 e. The van der Waals surface area contributed by atoms with Gasteiger partial charge in [0.05, 0.1) is 27.9 Å². The first kappa shape index (κ1) is 20.1. The molecule has 0 aliphatic carbocycles. The molecule has 1 amide bonds. The predicted octanol–water partition coefficient (Wildman–Crippen LogP) is 0.269. The minimum atomic E-state index is -1.32. The molecule has 29 heavy (non-hydrogen) atoms. The van der Waals surface area contributed by atoms with Gasteiger partial charge in [-0.05, 0) is 12.1 Å². The van der Waals surface area contributed by atoms with E-state index < -0.39 is 23.7 Å². The molecule has 1 atom stereocenters. The summed E-state index contributed by atoms with van der Waals surface area (Å²) in [6.45, 7) is -0.229. The number of methoxy groups -OCH3 is 3. The van der Waals surface area contributed by atoms with E-state index in [0.717, 1.165) is 4.90 Å². The quantitative estimate of drug-likeness (QED) is 0.484. The Hall–Kier alpha value is -3.67. The summed E-state index contributed by atoms with van der Waals surface area (Å²) in [4.78, 5) is 38.1. The molecule has 154 valence electrons. The molecule has 1 saturated heterocycles. The molecular weight excluding hydrogens is 388 g/mol. The molecular formula is C17H18N4O8. The maximum absolute atomic E-state index is 12.9. The molecule has 2 aromatic rings. The molecule has 0 spiro atoms. The number of aromatic amines is 1. The van der Waals surface area contributed by atoms with Gasteiger partial charge < -0.3 is 29.0 Å². The Morgan fingerprint density at radius 3 is 2.34 bits per heavy atom. The number of H-pyrrole nitrogens is 1. The Morgan fingerprint density at radius 1 is 1.14 bits per heavy atom. The van der Waals surface area contributed by atoms with E-state index in [0.29, 0.717) is 0 Å². The Morgan fingerprint density at radius 2 is 1.79 bits per heavy atom. The number of Topliss-reactive ketones (excluding diaryl/α,β-unsaturated/α-hetero) is 1. The molecule has 0 saturated carbocycles. The number of rotatable bonds is 7. The molecule has 1 aliphatic heterocycles. The van der Waals surface area contributed by atoms with Crippen LogP contribution >= 0.6 is 0 Å². The standard InChI is InChI=1S/C17H18N4O8/c1-26-10-4-8(5-11(27-2)15(10)28-3)14(22)16(23)21-7-29-6-9(21)12-13(17(24)25)19-20-18-12/h4-5,9H,6-7H2,1-3H3,(H,24,25)(H,18,19,20). The summed E-state index contributed by atoms with van der Waals surface area (Å²) < 4.78 is 20.9. The van der Waals surface area contributed by atoms with Crippen LogP contribution in [0.15, 0.2) is 12.1 Å². The highest BCUT2D eigenvalue weighted by molar-refractivity contribution is 6.43. The highest BCUT2D eigenvalue weighted by Gasteiger charge is 2.39. The Labute approximate surface area is 164 Å². The van der Waals surface area contributed by atoms with Crippen LogP contribution in [0, 0.1) is 0 Å². The van der Waals surface area contributed by atoms with Gasteiger partial charge in [-0.2, -0.15) is 10.3 Å². The second-order valence-corrected chi connectivity index (χ2v) is 5.90. The maximum atomic E-state index is 12.9. The van der Waals surface area contributed by atoms with Gasteiger partial charge in [-0.1, -0.05) is 0 Å². The molecule has 1 aromatic carbocycles. The molecule has 2 heterocycles. The first-order chi connectivity index (χ1) is 13.9. The first-order valence-corrected chi connectivity index (χ1v) is 8.29. The van der Waals surface area contributed by atoms with E-state index in [2.05, 4.69) is 15.4 Å². The summed E-state index contributed by atoms with van der Waals surface area (Å²) >= 11 is 0. The van der Waals surface area contributed by atoms with Gasteiger partial charge in [0.15, 0.2) is 17.2 Å². The van der Waals surface area contributed by atoms with Crippen LogP contribution in [0.1, 0.15) is 32.6 Å². The van der Waals surface area contributed by atoms with E-state index in [-0.39, 0.29) is 47.5 Å². The average Bonchev–Trinajstić information content (AvgIpc) is 3.40. The van der Waals surface area contributed by atoms with Crippen molar-refractivity contribution in [3.63, 3.8) is 0 Å². The van der Waals surface area contributed by atoms with Crippen molar-refractivity contribution in [2.45, 2.75) is 6.04 Å². The third-order valence-corrected chi connectivity index (χ3v) is 4.36. The molecule has 1 aliphatic rings. The molecule has 1 aromatic heterocycles. The number of ketones is 1. The molecule has 2 N–H and O–H groups in total. The lowest BCUT2D eigenvalue weighted by molar-refractivity contribution is -0.128. The van der Waals surface area contributed by atoms with Gasteiger partial charge in [-0.3, -0.25) is 9.59 Å². The van der Waals surface area contributed by atoms with Crippen molar-refractivity contribution in [1.82, 2.24) is 20.3 Å². The highest BCUT2D eigenvalue weighted by atomic mass is 16.5. The first-order valence-electron chi connectivity index (χ1n) is 8.29. The Balaban J connectivity index is 1.92. The van der Waals surface area contributed by atoms with Gasteiger partial charge in [0.2, 0.25) is 5.75 Å². The van der Waals surface area contributed by atoms with Gasteiger partial charge in [0, 0.05) is 5.56 Å². The molecule has 3 rings (SSSR count). The second-order valence-electron chi connectivity index (χ2n) is 5.90. The molecule has 1 fully saturated rings. The number of hydrogen-bond acceptors (Lipinski definition) is 9. The fourth-order valence-electron chi connectivity index (χ4n) is 2.96. The summed E-state index contributed by atoms with van der Waals surface area (Å²) in [5, 5.41) is 18.8. The highest BCUT2D eigenvalue weighted by Crippen LogP contribution is 2.38. The maximum Gasteiger partial charge on any atom is 0.358 e. The number of nitrogens with zero attached hydrogens (tertiary/aromatic N) is 3. The zero-order valence-electron chi connectivity index (χ0n) is 15.8. The second kappa shape index (κ2) is 8.14. The van der Waals surface area contributed by atoms with Crippen molar-refractivity contribution in [2.24, 2.45) is 0 Å². The van der Waals surface area contributed by atoms with Crippen molar-refractivity contribution in [3.8, 4) is 17.2 Å². The third-order valence-electron chi connectivity index (χ3n) is 4.36. The lowest BCUT2D eigenvalue weighted by Gasteiger charge is -2.21. The molecule has 12 nitrogen and oxygen atoms in total. The number of aromatic nitrogens is 3. The molecule has 1 unspecified atom stereocenters. The summed E-state index contributed by atoms with van der Waals surface area (Å²) in [5.41, 5.74) is -0.340. The lowest BCUT2D eigenvalue weighted by Crippen LogP contribution is -2.37. The van der Waals surface area contributed by atoms with Crippen LogP contribution in [-0.2, 0) is 9.53 Å². The van der Waals surface area contributed by atoms with Crippen LogP contribution in [-0.4, -0.2) is 77.7 Å². The predicted molar refractivity (Wildman–Crippen MR) is 94.2 cm³/mol. The monoisotopic (exact) mass is 406 g/mol. The summed E-state index contributed by atoms with van der Waals surface area (Å²) in [7, 11) is 4.18. The Bertz CT molecular complexity index is 932. The van der Waals surface area contributed by atoms with E-state index in [1.807, 2.05) is 0 Å². The van der Waals surface area contributed by atoms with Crippen LogP contribution < -0.4 is 14.2 Å². The average molecular weight is 406 g/mol. The van der Waals surface area contributed by atoms with Crippen LogP contribution in [0.25, 0.3) is 0 Å². The van der Waals surface area contributed by atoms with E-state index in [4.69, 9.17) is 18.9 Å². The van der Waals surface area contributed by atoms with E-state index in [9.17, 15) is 19.5 Å². The van der Waals surface area contributed by atoms with Crippen LogP contribution in [0.3, 0.4) is 0 Å². The number of aromatic carboxylic acids is 1. The number of nitrogens with one attached hydrogen (secondary N) is 1. The van der Waals surface area contributed by atoms with Gasteiger partial charge in [-0.15, -0.1) is 5.10 Å². The number of benzene rings is 1. The van der Waals surface area contributed by atoms with Gasteiger partial charge in [0.1, 0.15) is 18.5 Å². The number of ether oxygens (including phenoxy) is 4. The number of carboxylic acid groups (broad SMARTS) is 1. The van der Waals surface area contributed by atoms with Crippen molar-refractivity contribution >= 4 is 17.7 Å². The zero-order chi connectivity index (χ0) is 21.1. The lowest BCUT2D eigenvalue weighted by atomic mass is 10.1. The van der Waals surface area contributed by atoms with Gasteiger partial charge in [-0.25, -0.2) is 4.79 Å². The fourth-order valence-corrected chi connectivity index (χ4v) is 2.96. The zero-order valence-corrected chi connectivity index (χ0v) is 15.8. The minimum absolute atomic E-state index is 0.000965. The fraction of sp³-hybridized carbons (Fsp3) is 0.353. The van der Waals surface area contributed by atoms with E-state index in [1.54, 1.807) is 0 Å². The van der Waals surface area contributed by atoms with Gasteiger partial charge >= 0.3 is 5.97 Å². The van der Waals surface area contributed by atoms with Crippen molar-refractivity contribution < 1.29 is 38.4 Å². The number of amides is 1. The topological polar surface area (TPSA) is 153 Å². The normalized spacial score (nSPS) is 15.8. The van der Waals surface area contributed by atoms with Gasteiger partial charge in [0.25, 0.3) is 11.7 Å². The summed E-state index contributed by atoms with van der Waals surface area (Å²) in [6.07, 6.45) is 0. The third kappa shape index (κ3) is 3.57. The molecule has 12 heteroatoms. The van der Waals surface area contributed by atoms with Crippen LogP contribution in [0.5, 0.6) is 17.2 Å². The van der Waals surface area contributed by atoms with Crippen LogP contribution in [0.2, 0.25) is 0 Å². The van der Waals surface area contributed by atoms with Crippen molar-refractivity contribution in [3.05, 3.63) is 29.1 Å². The SMILES string of the molecule is COc1cc(C(=O)C(=O)N2COCC2c2n[nH]nc2C(=O)O)cc(OC)c1OC. The van der Waals surface area contributed by atoms with Crippen molar-refractivity contribution in [2.75, 3.05) is 34.7 Å². The summed E-state index contributed by atoms with van der Waals surface area (Å²) in [5.74, 6) is -2.39. The van der Waals surface area contributed by atoms with E-state index >= 15 is 0 Å². The number of carbonyl (C=O) groups excluding carboxylic acids is 2.